The lowest BCUT2D eigenvalue weighted by molar-refractivity contribution is 0.414. The Morgan fingerprint density at radius 1 is 1.00 bits per heavy atom. The summed E-state index contributed by atoms with van der Waals surface area (Å²) in [6, 6.07) is 16.1. The maximum absolute atomic E-state index is 6.49. The van der Waals surface area contributed by atoms with Gasteiger partial charge in [-0.25, -0.2) is 0 Å². The molecule has 0 saturated heterocycles. The van der Waals surface area contributed by atoms with Gasteiger partial charge in [0.2, 0.25) is 0 Å². The number of aryl methyl sites for hydroxylation is 1. The van der Waals surface area contributed by atoms with Gasteiger partial charge in [-0.2, -0.15) is 0 Å². The monoisotopic (exact) mass is 246 g/mol. The van der Waals surface area contributed by atoms with E-state index in [9.17, 15) is 0 Å². The minimum atomic E-state index is -0.109. The van der Waals surface area contributed by atoms with Gasteiger partial charge < -0.3 is 4.74 Å². The van der Waals surface area contributed by atoms with Gasteiger partial charge in [0.25, 0.3) is 0 Å². The minimum Gasteiger partial charge on any atom is -0.497 e. The van der Waals surface area contributed by atoms with E-state index < -0.39 is 0 Å². The summed E-state index contributed by atoms with van der Waals surface area (Å²) in [5.74, 6) is 0.849. The number of rotatable bonds is 3. The highest BCUT2D eigenvalue weighted by Gasteiger charge is 2.12. The molecule has 0 bridgehead atoms. The minimum absolute atomic E-state index is 0.109. The highest BCUT2D eigenvalue weighted by atomic mass is 35.5. The first kappa shape index (κ1) is 12.0. The molecular weight excluding hydrogens is 232 g/mol. The van der Waals surface area contributed by atoms with Crippen LogP contribution >= 0.6 is 11.6 Å². The van der Waals surface area contributed by atoms with E-state index in [1.165, 1.54) is 5.56 Å². The van der Waals surface area contributed by atoms with Gasteiger partial charge in [0.1, 0.15) is 5.75 Å². The van der Waals surface area contributed by atoms with Crippen LogP contribution in [-0.2, 0) is 0 Å². The lowest BCUT2D eigenvalue weighted by atomic mass is 10.00. The second-order valence-electron chi connectivity index (χ2n) is 3.99. The van der Waals surface area contributed by atoms with Crippen LogP contribution in [-0.4, -0.2) is 7.11 Å². The summed E-state index contributed by atoms with van der Waals surface area (Å²) in [4.78, 5) is 0. The predicted octanol–water partition coefficient (Wildman–Crippen LogP) is 4.33. The Bertz CT molecular complexity index is 491. The number of hydrogen-bond donors (Lipinski definition) is 0. The maximum Gasteiger partial charge on any atom is 0.118 e. The molecule has 0 radical (unpaired) electrons. The number of halogens is 1. The Labute approximate surface area is 107 Å². The first-order valence-electron chi connectivity index (χ1n) is 5.56. The summed E-state index contributed by atoms with van der Waals surface area (Å²) in [5.41, 5.74) is 3.45. The average Bonchev–Trinajstić information content (AvgIpc) is 2.39. The van der Waals surface area contributed by atoms with Crippen molar-refractivity contribution in [2.75, 3.05) is 7.11 Å². The van der Waals surface area contributed by atoms with Crippen molar-refractivity contribution in [3.8, 4) is 5.75 Å². The molecule has 0 heterocycles. The van der Waals surface area contributed by atoms with Gasteiger partial charge >= 0.3 is 0 Å². The second-order valence-corrected chi connectivity index (χ2v) is 4.43. The summed E-state index contributed by atoms with van der Waals surface area (Å²) in [6.07, 6.45) is 0. The lowest BCUT2D eigenvalue weighted by Gasteiger charge is -2.13. The highest BCUT2D eigenvalue weighted by Crippen LogP contribution is 2.31. The van der Waals surface area contributed by atoms with Gasteiger partial charge in [-0.3, -0.25) is 0 Å². The molecule has 0 N–H and O–H groups in total. The van der Waals surface area contributed by atoms with Crippen LogP contribution < -0.4 is 4.74 Å². The topological polar surface area (TPSA) is 9.23 Å². The van der Waals surface area contributed by atoms with E-state index in [0.717, 1.165) is 16.9 Å². The first-order valence-corrected chi connectivity index (χ1v) is 5.99. The molecule has 1 unspecified atom stereocenters. The molecule has 0 aromatic heterocycles. The van der Waals surface area contributed by atoms with Crippen LogP contribution in [0.3, 0.4) is 0 Å². The van der Waals surface area contributed by atoms with Gasteiger partial charge in [-0.1, -0.05) is 36.4 Å². The SMILES string of the molecule is COc1ccc(C(Cl)c2ccccc2C)cc1. The van der Waals surface area contributed by atoms with Gasteiger partial charge in [-0.05, 0) is 35.7 Å². The van der Waals surface area contributed by atoms with Crippen LogP contribution in [0.1, 0.15) is 22.1 Å². The largest absolute Gasteiger partial charge is 0.497 e. The van der Waals surface area contributed by atoms with E-state index in [-0.39, 0.29) is 5.38 Å². The maximum atomic E-state index is 6.49. The Kier molecular flexibility index (Phi) is 3.70. The molecule has 0 aliphatic rings. The Hall–Kier alpha value is -1.47. The molecule has 2 rings (SSSR count). The van der Waals surface area contributed by atoms with Crippen LogP contribution in [0.4, 0.5) is 0 Å². The van der Waals surface area contributed by atoms with E-state index >= 15 is 0 Å². The molecule has 0 spiro atoms. The summed E-state index contributed by atoms with van der Waals surface area (Å²) in [7, 11) is 1.66. The number of benzene rings is 2. The summed E-state index contributed by atoms with van der Waals surface area (Å²) >= 11 is 6.49. The molecular formula is C15H15ClO. The van der Waals surface area contributed by atoms with Crippen LogP contribution in [0, 0.1) is 6.92 Å². The van der Waals surface area contributed by atoms with Crippen molar-refractivity contribution in [1.29, 1.82) is 0 Å². The lowest BCUT2D eigenvalue weighted by Crippen LogP contribution is -1.96. The number of methoxy groups -OCH3 is 1. The zero-order valence-electron chi connectivity index (χ0n) is 9.98. The molecule has 1 nitrogen and oxygen atoms in total. The summed E-state index contributed by atoms with van der Waals surface area (Å²) < 4.78 is 5.14. The number of hydrogen-bond acceptors (Lipinski definition) is 1. The fourth-order valence-corrected chi connectivity index (χ4v) is 2.21. The molecule has 2 aromatic carbocycles. The van der Waals surface area contributed by atoms with E-state index in [2.05, 4.69) is 19.1 Å². The van der Waals surface area contributed by atoms with Crippen molar-refractivity contribution in [3.63, 3.8) is 0 Å². The second kappa shape index (κ2) is 5.24. The zero-order chi connectivity index (χ0) is 12.3. The summed E-state index contributed by atoms with van der Waals surface area (Å²) in [5, 5.41) is -0.109. The van der Waals surface area contributed by atoms with Gasteiger partial charge in [0.15, 0.2) is 0 Å². The van der Waals surface area contributed by atoms with Gasteiger partial charge in [0, 0.05) is 0 Å². The van der Waals surface area contributed by atoms with Crippen molar-refractivity contribution < 1.29 is 4.74 Å². The van der Waals surface area contributed by atoms with Crippen molar-refractivity contribution in [2.45, 2.75) is 12.3 Å². The molecule has 0 saturated carbocycles. The molecule has 2 heteroatoms. The Morgan fingerprint density at radius 3 is 2.24 bits per heavy atom. The normalized spacial score (nSPS) is 12.2. The molecule has 88 valence electrons. The van der Waals surface area contributed by atoms with Gasteiger partial charge in [0.05, 0.1) is 12.5 Å². The smallest absolute Gasteiger partial charge is 0.118 e. The molecule has 0 amide bonds. The zero-order valence-corrected chi connectivity index (χ0v) is 10.7. The van der Waals surface area contributed by atoms with E-state index in [1.54, 1.807) is 7.11 Å². The Morgan fingerprint density at radius 2 is 1.65 bits per heavy atom. The Balaban J connectivity index is 2.30. The number of ether oxygens (including phenoxy) is 1. The molecule has 2 aromatic rings. The third-order valence-electron chi connectivity index (χ3n) is 2.87. The first-order chi connectivity index (χ1) is 8.22. The summed E-state index contributed by atoms with van der Waals surface area (Å²) in [6.45, 7) is 2.08. The van der Waals surface area contributed by atoms with Gasteiger partial charge in [-0.15, -0.1) is 11.6 Å². The van der Waals surface area contributed by atoms with E-state index in [1.807, 2.05) is 36.4 Å². The average molecular weight is 247 g/mol. The molecule has 0 fully saturated rings. The van der Waals surface area contributed by atoms with Crippen LogP contribution in [0.15, 0.2) is 48.5 Å². The molecule has 1 atom stereocenters. The van der Waals surface area contributed by atoms with Crippen molar-refractivity contribution in [3.05, 3.63) is 65.2 Å². The van der Waals surface area contributed by atoms with Crippen LogP contribution in [0.2, 0.25) is 0 Å². The molecule has 17 heavy (non-hydrogen) atoms. The van der Waals surface area contributed by atoms with Crippen molar-refractivity contribution in [1.82, 2.24) is 0 Å². The third kappa shape index (κ3) is 2.62. The molecule has 0 aliphatic heterocycles. The molecule has 0 aliphatic carbocycles. The van der Waals surface area contributed by atoms with E-state index in [0.29, 0.717) is 0 Å². The van der Waals surface area contributed by atoms with E-state index in [4.69, 9.17) is 16.3 Å². The number of alkyl halides is 1. The predicted molar refractivity (Wildman–Crippen MR) is 71.9 cm³/mol. The van der Waals surface area contributed by atoms with Crippen molar-refractivity contribution >= 4 is 11.6 Å². The van der Waals surface area contributed by atoms with Crippen LogP contribution in [0.25, 0.3) is 0 Å². The quantitative estimate of drug-likeness (QED) is 0.733. The highest BCUT2D eigenvalue weighted by molar-refractivity contribution is 6.22. The van der Waals surface area contributed by atoms with Crippen LogP contribution in [0.5, 0.6) is 5.75 Å². The fourth-order valence-electron chi connectivity index (χ4n) is 1.82. The third-order valence-corrected chi connectivity index (χ3v) is 3.36. The van der Waals surface area contributed by atoms with Crippen molar-refractivity contribution in [2.24, 2.45) is 0 Å². The fraction of sp³-hybridized carbons (Fsp3) is 0.200. The standard InChI is InChI=1S/C15H15ClO/c1-11-5-3-4-6-14(11)15(16)12-7-9-13(17-2)10-8-12/h3-10,15H,1-2H3.